The lowest BCUT2D eigenvalue weighted by molar-refractivity contribution is -0.265. The van der Waals surface area contributed by atoms with Crippen LogP contribution in [0.5, 0.6) is 0 Å². The van der Waals surface area contributed by atoms with Crippen molar-refractivity contribution in [3.8, 4) is 0 Å². The first-order valence-corrected chi connectivity index (χ1v) is 47.7. The topological polar surface area (TPSA) is 341 Å². The molecule has 0 aromatic heterocycles. The fourth-order valence-electron chi connectivity index (χ4n) is 20.0. The lowest BCUT2D eigenvalue weighted by atomic mass is 9.78. The number of nitrogens with zero attached hydrogens (tertiary/aromatic N) is 2. The van der Waals surface area contributed by atoms with Crippen LogP contribution >= 0.6 is 0 Å². The summed E-state index contributed by atoms with van der Waals surface area (Å²) in [5.41, 5.74) is 2.16. The zero-order valence-electron chi connectivity index (χ0n) is 80.7. The van der Waals surface area contributed by atoms with Gasteiger partial charge in [-0.2, -0.15) is 0 Å². The Hall–Kier alpha value is -6.76. The third-order valence-corrected chi connectivity index (χ3v) is 28.7. The Morgan fingerprint density at radius 2 is 0.915 bits per heavy atom. The zero-order chi connectivity index (χ0) is 95.6. The average molecular weight is 1820 g/mol. The number of alkyl halides is 2. The minimum Gasteiger partial charge on any atom is -0.460 e. The van der Waals surface area contributed by atoms with Crippen molar-refractivity contribution in [1.82, 2.24) is 9.80 Å². The van der Waals surface area contributed by atoms with Crippen LogP contribution < -0.4 is 0 Å². The summed E-state index contributed by atoms with van der Waals surface area (Å²) < 4.78 is 84.9. The molecule has 27 heteroatoms. The minimum absolute atomic E-state index is 0.0165. The summed E-state index contributed by atoms with van der Waals surface area (Å²) in [6.07, 6.45) is 21.4. The normalized spacial score (nSPS) is 40.4. The predicted molar refractivity (Wildman–Crippen MR) is 486 cm³/mol. The van der Waals surface area contributed by atoms with Gasteiger partial charge in [0.25, 0.3) is 23.4 Å². The summed E-state index contributed by atoms with van der Waals surface area (Å²) in [5, 5.41) is 44.7. The maximum atomic E-state index is 16.2. The lowest BCUT2D eigenvalue weighted by Crippen LogP contribution is -2.61. The Balaban J connectivity index is 0.000000353. The molecule has 0 aromatic carbocycles. The van der Waals surface area contributed by atoms with E-state index in [1.165, 1.54) is 50.0 Å². The van der Waals surface area contributed by atoms with Crippen LogP contribution in [0.2, 0.25) is 0 Å². The van der Waals surface area contributed by atoms with Crippen LogP contribution in [-0.2, 0) is 90.6 Å². The average Bonchev–Trinajstić information content (AvgIpc) is 0.784. The molecular formula is C102H156F2N2O23. The van der Waals surface area contributed by atoms with Crippen molar-refractivity contribution in [2.75, 3.05) is 48.6 Å². The number of esters is 2. The van der Waals surface area contributed by atoms with Crippen molar-refractivity contribution in [2.24, 2.45) is 76.9 Å². The first-order valence-electron chi connectivity index (χ1n) is 47.7. The third-order valence-electron chi connectivity index (χ3n) is 28.7. The lowest BCUT2D eigenvalue weighted by Gasteiger charge is -2.42. The van der Waals surface area contributed by atoms with Crippen molar-refractivity contribution in [1.29, 1.82) is 0 Å². The number of piperidine rings is 2. The number of Topliss-reactive ketones (excluding diaryl/α,β-unsaturated/α-hetero) is 6. The van der Waals surface area contributed by atoms with Crippen LogP contribution in [0.3, 0.4) is 0 Å². The molecule has 25 nitrogen and oxygen atoms in total. The molecule has 8 aliphatic rings. The number of hydrogen-bond donors (Lipinski definition) is 4. The molecule has 2 saturated carbocycles. The zero-order valence-corrected chi connectivity index (χ0v) is 80.7. The van der Waals surface area contributed by atoms with E-state index in [9.17, 15) is 68.4 Å². The number of allylic oxidation sites excluding steroid dienone is 12. The number of fused-ring (bicyclic) bond motifs is 6. The Bertz CT molecular complexity index is 4000. The molecule has 2 amide bonds. The van der Waals surface area contributed by atoms with Crippen molar-refractivity contribution in [2.45, 2.75) is 361 Å². The van der Waals surface area contributed by atoms with Crippen molar-refractivity contribution >= 4 is 58.5 Å². The molecule has 4 bridgehead atoms. The summed E-state index contributed by atoms with van der Waals surface area (Å²) in [5.74, 6) is -16.6. The molecule has 4 N–H and O–H groups in total. The molecule has 8 rings (SSSR count). The molecule has 12 unspecified atom stereocenters. The summed E-state index contributed by atoms with van der Waals surface area (Å²) >= 11 is 0. The molecule has 0 spiro atoms. The van der Waals surface area contributed by atoms with Crippen molar-refractivity contribution < 1.29 is 120 Å². The van der Waals surface area contributed by atoms with Crippen molar-refractivity contribution in [3.63, 3.8) is 0 Å². The smallest absolute Gasteiger partial charge is 0.329 e. The number of ketones is 6. The van der Waals surface area contributed by atoms with E-state index in [1.807, 2.05) is 103 Å². The summed E-state index contributed by atoms with van der Waals surface area (Å²) in [6.45, 7) is 27.0. The van der Waals surface area contributed by atoms with Gasteiger partial charge in [-0.3, -0.25) is 38.4 Å². The number of aliphatic hydroxyl groups is 4. The SMILES string of the molecule is COC1CC(C[C@@H](C)[C@@H]2CC(=O)[C@H](C)/C=C(\C)C(F)[C@@H](OC)C(=O)C(C)C[C@H](C)/C=C/C=C/C=C(\C)[C@@H](OC)CC3CCC(C)C(O)(O3)C(=O)C(=O)N3CCCCC3C(=O)O2)CC[C@H]1O.CO[C@@H]1C[C@H](C[C@@H](C)[C@@H]2CC(=O)[C@H](C)/C=C(\C)[C@@H](F)[C@@H](OC)C(=O)[C@H](C)C[C@H](C)/C=C/C(C)C=C/C(C)=C/CC3CC[C@@H](C)C(O)(O3)C(=O)C(=O)N3CCCCC3C(=O)O2)CC[C@H]1O. The van der Waals surface area contributed by atoms with Gasteiger partial charge < -0.3 is 72.9 Å². The van der Waals surface area contributed by atoms with Crippen LogP contribution in [0, 0.1) is 76.9 Å². The first kappa shape index (κ1) is 109. The molecule has 129 heavy (non-hydrogen) atoms. The Morgan fingerprint density at radius 1 is 0.481 bits per heavy atom. The van der Waals surface area contributed by atoms with E-state index in [0.717, 1.165) is 11.1 Å². The molecule has 4 saturated heterocycles. The monoisotopic (exact) mass is 1820 g/mol. The quantitative estimate of drug-likeness (QED) is 0.0848. The van der Waals surface area contributed by atoms with Crippen LogP contribution in [0.15, 0.2) is 95.2 Å². The van der Waals surface area contributed by atoms with E-state index in [2.05, 4.69) is 6.08 Å². The summed E-state index contributed by atoms with van der Waals surface area (Å²) in [6, 6.07) is -2.29. The first-order chi connectivity index (χ1) is 60.9. The Kier molecular flexibility index (Phi) is 43.7. The number of carbonyl (C=O) groups is 10. The molecule has 6 heterocycles. The number of halogens is 2. The van der Waals surface area contributed by atoms with Gasteiger partial charge in [0, 0.05) is 103 Å². The van der Waals surface area contributed by atoms with Gasteiger partial charge in [-0.25, -0.2) is 18.4 Å². The van der Waals surface area contributed by atoms with Gasteiger partial charge in [0.1, 0.15) is 35.9 Å². The molecule has 0 radical (unpaired) electrons. The highest BCUT2D eigenvalue weighted by Gasteiger charge is 2.56. The highest BCUT2D eigenvalue weighted by Crippen LogP contribution is 2.42. The number of carbonyl (C=O) groups excluding carboxylic acids is 10. The molecule has 2 aliphatic carbocycles. The van der Waals surface area contributed by atoms with E-state index in [-0.39, 0.29) is 127 Å². The van der Waals surface area contributed by atoms with Crippen molar-refractivity contribution in [3.05, 3.63) is 95.2 Å². The van der Waals surface area contributed by atoms with E-state index in [4.69, 9.17) is 42.6 Å². The molecule has 6 aliphatic heterocycles. The maximum absolute atomic E-state index is 16.2. The summed E-state index contributed by atoms with van der Waals surface area (Å²) in [4.78, 5) is 143. The van der Waals surface area contributed by atoms with Gasteiger partial charge in [-0.1, -0.05) is 155 Å². The van der Waals surface area contributed by atoms with Crippen LogP contribution in [0.25, 0.3) is 0 Å². The number of ether oxygens (including phenoxy) is 9. The molecule has 726 valence electrons. The van der Waals surface area contributed by atoms with Gasteiger partial charge in [0.05, 0.1) is 42.7 Å². The number of rotatable bonds is 11. The third kappa shape index (κ3) is 30.4. The fraction of sp³-hybridized carbons (Fsp3) is 0.745. The van der Waals surface area contributed by atoms with E-state index >= 15 is 8.78 Å². The Morgan fingerprint density at radius 3 is 1.35 bits per heavy atom. The van der Waals surface area contributed by atoms with Gasteiger partial charge in [-0.05, 0) is 221 Å². The number of amides is 2. The van der Waals surface area contributed by atoms with Gasteiger partial charge >= 0.3 is 11.9 Å². The minimum atomic E-state index is -2.44. The van der Waals surface area contributed by atoms with E-state index < -0.39 is 162 Å². The van der Waals surface area contributed by atoms with Gasteiger partial charge in [-0.15, -0.1) is 0 Å². The molecular weight excluding hydrogens is 1660 g/mol. The standard InChI is InChI=1S/C51H78FNO12.C51H78FNO11/c1-30-16-12-11-13-17-31(2)42(61-8)28-38-21-19-36(7)51(60,65-38)48(57)49(58)53-23-15-14-18-39(53)50(59)64-43(33(4)26-37-20-22-40(54)44(27-37)62-9)29-41(55)32(3)25-34(5)45(52)47(63-10)46(56)35(6)24-30;1-30-14-15-31(2)18-21-39-22-19-37(8)51(60,64-39)48(57)49(58)53-24-12-11-13-40(53)50(59)63-43(34(5)27-38-20-23-41(54)44(28-38)61-9)29-42(55)33(4)26-35(6)45(52)47(62-10)46(56)36(7)25-32(3)17-16-30/h11-13,16-17,25,30,32-33,35-40,42-45,47,54,60H,14-15,18-24,26-29H2,1-10H3;14-18,26,30,32-34,36-41,43-45,47,54,60H,11-13,19-25,27-29H2,1-10H3/b13-11+,16-12+,31-17+,34-25+;15-14?,17-16+,31-18+,35-26+/t30-,32-,33-,35?,36?,37?,38?,39?,40-,42+,43+,44?,45?,47-,51?;30?,32-,33-,34-,36-,37-,38+,39?,40?,41-,43+,44-,45-,47-,51?/m11/s1. The summed E-state index contributed by atoms with van der Waals surface area (Å²) in [7, 11) is 7.29. The van der Waals surface area contributed by atoms with Gasteiger partial charge in [0.2, 0.25) is 11.6 Å². The molecule has 0 aromatic rings. The number of methoxy groups -OCH3 is 5. The highest BCUT2D eigenvalue weighted by atomic mass is 19.1. The largest absolute Gasteiger partial charge is 0.460 e. The Labute approximate surface area is 766 Å². The molecule has 30 atom stereocenters. The maximum Gasteiger partial charge on any atom is 0.329 e. The molecule has 6 fully saturated rings. The van der Waals surface area contributed by atoms with Crippen LogP contribution in [0.1, 0.15) is 258 Å². The second-order valence-corrected chi connectivity index (χ2v) is 39.2. The predicted octanol–water partition coefficient (Wildman–Crippen LogP) is 14.9. The fourth-order valence-corrected chi connectivity index (χ4v) is 20.0. The second-order valence-electron chi connectivity index (χ2n) is 39.2. The van der Waals surface area contributed by atoms with E-state index in [1.54, 1.807) is 62.9 Å². The number of cyclic esters (lactones) is 2. The second kappa shape index (κ2) is 51.6. The number of hydrogen-bond acceptors (Lipinski definition) is 23. The van der Waals surface area contributed by atoms with E-state index in [0.29, 0.717) is 128 Å². The van der Waals surface area contributed by atoms with Gasteiger partial charge in [0.15, 0.2) is 36.1 Å². The number of aliphatic hydroxyl groups excluding tert-OH is 2. The highest BCUT2D eigenvalue weighted by molar-refractivity contribution is 6.39. The van der Waals surface area contributed by atoms with Crippen LogP contribution in [0.4, 0.5) is 8.78 Å². The van der Waals surface area contributed by atoms with Crippen LogP contribution in [-0.4, -0.2) is 240 Å².